The first-order valence-corrected chi connectivity index (χ1v) is 14.7. The lowest BCUT2D eigenvalue weighted by molar-refractivity contribution is -0.139. The number of nitrogens with zero attached hydrogens (tertiary/aromatic N) is 2. The molecule has 4 aromatic rings. The summed E-state index contributed by atoms with van der Waals surface area (Å²) in [5.41, 5.74) is 5.42. The molecule has 9 rings (SSSR count). The summed E-state index contributed by atoms with van der Waals surface area (Å²) in [5, 5.41) is 0.500. The molecule has 0 unspecified atom stereocenters. The van der Waals surface area contributed by atoms with E-state index in [0.717, 1.165) is 22.3 Å². The summed E-state index contributed by atoms with van der Waals surface area (Å²) in [6, 6.07) is 29.7. The van der Waals surface area contributed by atoms with Crippen LogP contribution in [0.3, 0.4) is 0 Å². The van der Waals surface area contributed by atoms with Crippen molar-refractivity contribution in [1.82, 2.24) is 0 Å². The van der Waals surface area contributed by atoms with Gasteiger partial charge >= 0.3 is 5.97 Å². The minimum absolute atomic E-state index is 0.0153. The van der Waals surface area contributed by atoms with Gasteiger partial charge in [-0.2, -0.15) is 0 Å². The molecule has 2 aliphatic heterocycles. The van der Waals surface area contributed by atoms with E-state index in [1.165, 1.54) is 9.80 Å². The molecule has 0 radical (unpaired) electrons. The van der Waals surface area contributed by atoms with Crippen LogP contribution in [-0.4, -0.2) is 30.2 Å². The van der Waals surface area contributed by atoms with Crippen LogP contribution < -0.4 is 14.5 Å². The first kappa shape index (κ1) is 25.9. The van der Waals surface area contributed by atoms with E-state index in [0.29, 0.717) is 16.4 Å². The standard InChI is InChI=1S/C35H25ClN2O5/c36-20-7-5-8-21(16-20)37-18-19(15-28(37)39)35(42)43-23-10-6-9-22(17-23)38-33(40)31-29-24-11-1-2-12-25(24)30(32(31)34(38)41)27-14-4-3-13-26(27)29/h1-14,16-17,19,29-32H,15,18H2/t19-,29?,30?,31-,32+/m1/s1. The number of halogens is 1. The van der Waals surface area contributed by atoms with Crippen molar-refractivity contribution in [3.63, 3.8) is 0 Å². The molecular formula is C35H25ClN2O5. The van der Waals surface area contributed by atoms with Crippen molar-refractivity contribution in [3.8, 4) is 5.75 Å². The summed E-state index contributed by atoms with van der Waals surface area (Å²) in [6.45, 7) is 0.175. The number of amides is 3. The maximum absolute atomic E-state index is 14.1. The van der Waals surface area contributed by atoms with Gasteiger partial charge in [0.1, 0.15) is 5.75 Å². The smallest absolute Gasteiger partial charge is 0.316 e. The van der Waals surface area contributed by atoms with E-state index in [9.17, 15) is 19.2 Å². The van der Waals surface area contributed by atoms with Crippen molar-refractivity contribution >= 4 is 46.7 Å². The van der Waals surface area contributed by atoms with Gasteiger partial charge in [0.15, 0.2) is 0 Å². The van der Waals surface area contributed by atoms with E-state index in [2.05, 4.69) is 24.3 Å². The van der Waals surface area contributed by atoms with Crippen molar-refractivity contribution in [2.45, 2.75) is 18.3 Å². The van der Waals surface area contributed by atoms with Crippen molar-refractivity contribution in [2.24, 2.45) is 17.8 Å². The molecule has 7 nitrogen and oxygen atoms in total. The third-order valence-corrected chi connectivity index (χ3v) is 9.56. The number of hydrogen-bond donors (Lipinski definition) is 0. The molecule has 5 aliphatic rings. The second-order valence-corrected chi connectivity index (χ2v) is 12.0. The fraction of sp³-hybridized carbons (Fsp3) is 0.200. The zero-order chi connectivity index (χ0) is 29.4. The lowest BCUT2D eigenvalue weighted by atomic mass is 9.55. The topological polar surface area (TPSA) is 84.0 Å². The molecule has 43 heavy (non-hydrogen) atoms. The largest absolute Gasteiger partial charge is 0.426 e. The summed E-state index contributed by atoms with van der Waals surface area (Å²) in [6.07, 6.45) is 0.0153. The number of esters is 1. The Kier molecular flexibility index (Phi) is 5.81. The number of carbonyl (C=O) groups excluding carboxylic acids is 4. The monoisotopic (exact) mass is 588 g/mol. The number of ether oxygens (including phenoxy) is 1. The van der Waals surface area contributed by atoms with Gasteiger partial charge in [0, 0.05) is 41.6 Å². The van der Waals surface area contributed by atoms with Crippen LogP contribution >= 0.6 is 11.6 Å². The third-order valence-electron chi connectivity index (χ3n) is 9.32. The zero-order valence-electron chi connectivity index (χ0n) is 22.9. The quantitative estimate of drug-likeness (QED) is 0.174. The van der Waals surface area contributed by atoms with E-state index in [4.69, 9.17) is 16.3 Å². The van der Waals surface area contributed by atoms with Crippen LogP contribution in [-0.2, 0) is 19.2 Å². The maximum Gasteiger partial charge on any atom is 0.316 e. The van der Waals surface area contributed by atoms with E-state index in [1.807, 2.05) is 24.3 Å². The third kappa shape index (κ3) is 3.88. The molecular weight excluding hydrogens is 564 g/mol. The number of hydrogen-bond acceptors (Lipinski definition) is 5. The van der Waals surface area contributed by atoms with Crippen LogP contribution in [0.5, 0.6) is 5.75 Å². The normalized spacial score (nSPS) is 25.0. The Morgan fingerprint density at radius 3 is 1.84 bits per heavy atom. The summed E-state index contributed by atoms with van der Waals surface area (Å²) in [4.78, 5) is 56.8. The molecule has 3 atom stereocenters. The number of carbonyl (C=O) groups is 4. The second kappa shape index (κ2) is 9.64. The number of anilines is 2. The minimum atomic E-state index is -0.666. The molecule has 2 fully saturated rings. The average molecular weight is 589 g/mol. The predicted octanol–water partition coefficient (Wildman–Crippen LogP) is 5.70. The van der Waals surface area contributed by atoms with E-state index >= 15 is 0 Å². The molecule has 212 valence electrons. The number of rotatable bonds is 4. The van der Waals surface area contributed by atoms with Crippen molar-refractivity contribution in [2.75, 3.05) is 16.3 Å². The first-order valence-electron chi connectivity index (χ1n) is 14.3. The predicted molar refractivity (Wildman–Crippen MR) is 160 cm³/mol. The fourth-order valence-corrected chi connectivity index (χ4v) is 7.76. The SMILES string of the molecule is O=C(Oc1cccc(N2C(=O)[C@@H]3C4c5ccccc5C(c5ccccc54)[C@@H]3C2=O)c1)[C@@H]1CC(=O)N(c2cccc(Cl)c2)C1. The molecule has 8 heteroatoms. The van der Waals surface area contributed by atoms with Gasteiger partial charge in [0.2, 0.25) is 17.7 Å². The van der Waals surface area contributed by atoms with Crippen LogP contribution in [0.2, 0.25) is 5.02 Å². The van der Waals surface area contributed by atoms with Gasteiger partial charge in [-0.1, -0.05) is 72.3 Å². The molecule has 0 aromatic heterocycles. The van der Waals surface area contributed by atoms with Gasteiger partial charge in [0.25, 0.3) is 0 Å². The summed E-state index contributed by atoms with van der Waals surface area (Å²) in [5.74, 6) is -3.09. The van der Waals surface area contributed by atoms with Crippen molar-refractivity contribution in [3.05, 3.63) is 124 Å². The van der Waals surface area contributed by atoms with Crippen LogP contribution in [0, 0.1) is 17.8 Å². The van der Waals surface area contributed by atoms with Gasteiger partial charge in [-0.15, -0.1) is 0 Å². The highest BCUT2D eigenvalue weighted by molar-refractivity contribution is 6.31. The Bertz CT molecular complexity index is 1750. The number of benzene rings is 4. The minimum Gasteiger partial charge on any atom is -0.426 e. The second-order valence-electron chi connectivity index (χ2n) is 11.6. The molecule has 0 saturated carbocycles. The summed E-state index contributed by atoms with van der Waals surface area (Å²) in [7, 11) is 0. The molecule has 0 spiro atoms. The fourth-order valence-electron chi connectivity index (χ4n) is 7.58. The highest BCUT2D eigenvalue weighted by Gasteiger charge is 2.61. The van der Waals surface area contributed by atoms with Gasteiger partial charge in [-0.25, -0.2) is 4.90 Å². The van der Waals surface area contributed by atoms with Gasteiger partial charge < -0.3 is 9.64 Å². The van der Waals surface area contributed by atoms with E-state index < -0.39 is 23.7 Å². The van der Waals surface area contributed by atoms with Crippen molar-refractivity contribution in [1.29, 1.82) is 0 Å². The van der Waals surface area contributed by atoms with Crippen LogP contribution in [0.15, 0.2) is 97.1 Å². The molecule has 4 aromatic carbocycles. The van der Waals surface area contributed by atoms with Gasteiger partial charge in [-0.3, -0.25) is 19.2 Å². The highest BCUT2D eigenvalue weighted by atomic mass is 35.5. The van der Waals surface area contributed by atoms with Crippen molar-refractivity contribution < 1.29 is 23.9 Å². The van der Waals surface area contributed by atoms with Gasteiger partial charge in [-0.05, 0) is 52.6 Å². The first-order chi connectivity index (χ1) is 20.9. The molecule has 2 bridgehead atoms. The molecule has 2 saturated heterocycles. The highest BCUT2D eigenvalue weighted by Crippen LogP contribution is 2.61. The number of imide groups is 1. The molecule has 2 heterocycles. The summed E-state index contributed by atoms with van der Waals surface area (Å²) >= 11 is 6.09. The Hall–Kier alpha value is -4.75. The van der Waals surface area contributed by atoms with E-state index in [-0.39, 0.29) is 48.3 Å². The molecule has 0 N–H and O–H groups in total. The Balaban J connectivity index is 1.06. The zero-order valence-corrected chi connectivity index (χ0v) is 23.6. The average Bonchev–Trinajstić information content (AvgIpc) is 3.54. The lowest BCUT2D eigenvalue weighted by Crippen LogP contribution is -2.41. The maximum atomic E-state index is 14.1. The summed E-state index contributed by atoms with van der Waals surface area (Å²) < 4.78 is 5.71. The van der Waals surface area contributed by atoms with Crippen LogP contribution in [0.25, 0.3) is 0 Å². The van der Waals surface area contributed by atoms with E-state index in [1.54, 1.807) is 48.5 Å². The van der Waals surface area contributed by atoms with Crippen LogP contribution in [0.1, 0.15) is 40.5 Å². The Labute approximate surface area is 252 Å². The lowest BCUT2D eigenvalue weighted by Gasteiger charge is -2.45. The Morgan fingerprint density at radius 2 is 1.26 bits per heavy atom. The van der Waals surface area contributed by atoms with Crippen LogP contribution in [0.4, 0.5) is 11.4 Å². The molecule has 3 amide bonds. The van der Waals surface area contributed by atoms with Gasteiger partial charge in [0.05, 0.1) is 23.4 Å². The molecule has 3 aliphatic carbocycles. The Morgan fingerprint density at radius 1 is 0.698 bits per heavy atom.